The molecule has 1 saturated heterocycles. The van der Waals surface area contributed by atoms with Gasteiger partial charge in [-0.3, -0.25) is 0 Å². The maximum Gasteiger partial charge on any atom is 0.138 e. The van der Waals surface area contributed by atoms with Crippen molar-refractivity contribution in [2.45, 2.75) is 0 Å². The fraction of sp³-hybridized carbons (Fsp3) is 0.316. The van der Waals surface area contributed by atoms with E-state index in [9.17, 15) is 5.26 Å². The van der Waals surface area contributed by atoms with Crippen LogP contribution in [0, 0.1) is 11.3 Å². The predicted molar refractivity (Wildman–Crippen MR) is 101 cm³/mol. The first-order valence-corrected chi connectivity index (χ1v) is 8.87. The van der Waals surface area contributed by atoms with E-state index in [1.54, 1.807) is 10.7 Å². The Labute approximate surface area is 156 Å². The molecule has 4 rings (SSSR count). The Balaban J connectivity index is 1.74. The van der Waals surface area contributed by atoms with Crippen LogP contribution in [-0.2, 0) is 0 Å². The number of hydrogen-bond donors (Lipinski definition) is 2. The molecule has 4 heterocycles. The van der Waals surface area contributed by atoms with Crippen LogP contribution in [-0.4, -0.2) is 59.1 Å². The summed E-state index contributed by atoms with van der Waals surface area (Å²) in [6, 6.07) is 8.05. The SMILES string of the molecule is N#Cc1cnn2cc(OCCO)cc(-c3ccc(N4CCNCC4)nc3)c12. The van der Waals surface area contributed by atoms with Gasteiger partial charge in [0.25, 0.3) is 0 Å². The third-order valence-electron chi connectivity index (χ3n) is 4.57. The van der Waals surface area contributed by atoms with Gasteiger partial charge in [-0.25, -0.2) is 9.50 Å². The zero-order valence-corrected chi connectivity index (χ0v) is 14.8. The molecular weight excluding hydrogens is 344 g/mol. The summed E-state index contributed by atoms with van der Waals surface area (Å²) in [5, 5.41) is 26.0. The first-order valence-electron chi connectivity index (χ1n) is 8.87. The number of hydrogen-bond acceptors (Lipinski definition) is 7. The molecule has 1 aliphatic rings. The van der Waals surface area contributed by atoms with E-state index in [-0.39, 0.29) is 13.2 Å². The third kappa shape index (κ3) is 3.43. The second kappa shape index (κ2) is 7.61. The standard InChI is InChI=1S/C19H20N6O2/c20-10-15-12-23-25-13-16(27-8-7-26)9-17(19(15)25)14-1-2-18(22-11-14)24-5-3-21-4-6-24/h1-2,9,11-13,21,26H,3-8H2. The van der Waals surface area contributed by atoms with Crippen LogP contribution in [0.5, 0.6) is 5.75 Å². The van der Waals surface area contributed by atoms with Crippen molar-refractivity contribution in [3.8, 4) is 22.9 Å². The van der Waals surface area contributed by atoms with E-state index in [0.29, 0.717) is 16.8 Å². The van der Waals surface area contributed by atoms with Gasteiger partial charge in [-0.15, -0.1) is 0 Å². The van der Waals surface area contributed by atoms with Gasteiger partial charge in [-0.1, -0.05) is 0 Å². The van der Waals surface area contributed by atoms with Crippen LogP contribution in [0.15, 0.2) is 36.8 Å². The van der Waals surface area contributed by atoms with Crippen molar-refractivity contribution in [1.29, 1.82) is 5.26 Å². The van der Waals surface area contributed by atoms with Gasteiger partial charge < -0.3 is 20.1 Å². The van der Waals surface area contributed by atoms with Crippen LogP contribution < -0.4 is 15.0 Å². The number of fused-ring (bicyclic) bond motifs is 1. The lowest BCUT2D eigenvalue weighted by Gasteiger charge is -2.28. The molecule has 8 nitrogen and oxygen atoms in total. The Hall–Kier alpha value is -3.15. The van der Waals surface area contributed by atoms with Crippen LogP contribution in [0.4, 0.5) is 5.82 Å². The van der Waals surface area contributed by atoms with Gasteiger partial charge >= 0.3 is 0 Å². The van der Waals surface area contributed by atoms with E-state index < -0.39 is 0 Å². The van der Waals surface area contributed by atoms with Crippen LogP contribution in [0.3, 0.4) is 0 Å². The highest BCUT2D eigenvalue weighted by atomic mass is 16.5. The van der Waals surface area contributed by atoms with E-state index in [1.165, 1.54) is 6.20 Å². The molecule has 0 saturated carbocycles. The zero-order valence-electron chi connectivity index (χ0n) is 14.8. The lowest BCUT2D eigenvalue weighted by atomic mass is 10.1. The van der Waals surface area contributed by atoms with Crippen LogP contribution >= 0.6 is 0 Å². The molecular formula is C19H20N6O2. The molecule has 0 aliphatic carbocycles. The molecule has 0 spiro atoms. The molecule has 3 aromatic heterocycles. The van der Waals surface area contributed by atoms with E-state index in [0.717, 1.165) is 43.1 Å². The molecule has 2 N–H and O–H groups in total. The summed E-state index contributed by atoms with van der Waals surface area (Å²) in [6.07, 6.45) is 5.06. The number of aliphatic hydroxyl groups is 1. The molecule has 138 valence electrons. The minimum Gasteiger partial charge on any atom is -0.490 e. The molecule has 8 heteroatoms. The van der Waals surface area contributed by atoms with Crippen molar-refractivity contribution in [3.63, 3.8) is 0 Å². The molecule has 27 heavy (non-hydrogen) atoms. The molecule has 0 unspecified atom stereocenters. The molecule has 0 atom stereocenters. The molecule has 3 aromatic rings. The number of nitriles is 1. The molecule has 0 radical (unpaired) electrons. The molecule has 0 aromatic carbocycles. The largest absolute Gasteiger partial charge is 0.490 e. The topological polar surface area (TPSA) is 98.7 Å². The number of pyridine rings is 2. The second-order valence-corrected chi connectivity index (χ2v) is 6.27. The zero-order chi connectivity index (χ0) is 18.6. The van der Waals surface area contributed by atoms with Crippen LogP contribution in [0.2, 0.25) is 0 Å². The average Bonchev–Trinajstić information content (AvgIpc) is 3.15. The van der Waals surface area contributed by atoms with Gasteiger partial charge in [-0.05, 0) is 18.2 Å². The molecule has 1 fully saturated rings. The highest BCUT2D eigenvalue weighted by Gasteiger charge is 2.15. The van der Waals surface area contributed by atoms with Gasteiger partial charge in [0.05, 0.1) is 30.1 Å². The fourth-order valence-corrected chi connectivity index (χ4v) is 3.27. The van der Waals surface area contributed by atoms with Crippen LogP contribution in [0.25, 0.3) is 16.6 Å². The van der Waals surface area contributed by atoms with Crippen molar-refractivity contribution >= 4 is 11.3 Å². The van der Waals surface area contributed by atoms with Crippen LogP contribution in [0.1, 0.15) is 5.56 Å². The predicted octanol–water partition coefficient (Wildman–Crippen LogP) is 1.05. The quantitative estimate of drug-likeness (QED) is 0.698. The lowest BCUT2D eigenvalue weighted by molar-refractivity contribution is 0.201. The van der Waals surface area contributed by atoms with E-state index in [2.05, 4.69) is 26.4 Å². The number of aliphatic hydroxyl groups excluding tert-OH is 1. The Kier molecular flexibility index (Phi) is 4.87. The maximum absolute atomic E-state index is 9.43. The second-order valence-electron chi connectivity index (χ2n) is 6.27. The Morgan fingerprint density at radius 2 is 2.11 bits per heavy atom. The summed E-state index contributed by atoms with van der Waals surface area (Å²) in [6.45, 7) is 3.89. The molecule has 0 amide bonds. The average molecular weight is 364 g/mol. The van der Waals surface area contributed by atoms with Gasteiger partial charge in [0.1, 0.15) is 24.2 Å². The smallest absolute Gasteiger partial charge is 0.138 e. The summed E-state index contributed by atoms with van der Waals surface area (Å²) in [4.78, 5) is 6.87. The van der Waals surface area contributed by atoms with E-state index >= 15 is 0 Å². The summed E-state index contributed by atoms with van der Waals surface area (Å²) in [5.41, 5.74) is 2.90. The normalized spacial score (nSPS) is 14.3. The van der Waals surface area contributed by atoms with Crippen molar-refractivity contribution < 1.29 is 9.84 Å². The summed E-state index contributed by atoms with van der Waals surface area (Å²) in [7, 11) is 0. The van der Waals surface area contributed by atoms with Crippen molar-refractivity contribution in [1.82, 2.24) is 19.9 Å². The molecule has 0 bridgehead atoms. The highest BCUT2D eigenvalue weighted by Crippen LogP contribution is 2.31. The summed E-state index contributed by atoms with van der Waals surface area (Å²) in [5.74, 6) is 1.52. The lowest BCUT2D eigenvalue weighted by Crippen LogP contribution is -2.43. The maximum atomic E-state index is 9.43. The van der Waals surface area contributed by atoms with Gasteiger partial charge in [-0.2, -0.15) is 10.4 Å². The minimum atomic E-state index is -0.0726. The Bertz CT molecular complexity index is 970. The van der Waals surface area contributed by atoms with Crippen molar-refractivity contribution in [2.75, 3.05) is 44.3 Å². The number of rotatable bonds is 5. The van der Waals surface area contributed by atoms with Gasteiger partial charge in [0.15, 0.2) is 0 Å². The van der Waals surface area contributed by atoms with E-state index in [1.807, 2.05) is 24.4 Å². The first kappa shape index (κ1) is 17.3. The number of piperazine rings is 1. The third-order valence-corrected chi connectivity index (χ3v) is 4.57. The monoisotopic (exact) mass is 364 g/mol. The Morgan fingerprint density at radius 1 is 1.26 bits per heavy atom. The van der Waals surface area contributed by atoms with E-state index in [4.69, 9.17) is 9.84 Å². The van der Waals surface area contributed by atoms with Gasteiger partial charge in [0, 0.05) is 43.5 Å². The highest BCUT2D eigenvalue weighted by molar-refractivity contribution is 5.85. The number of nitrogens with one attached hydrogen (secondary N) is 1. The fourth-order valence-electron chi connectivity index (χ4n) is 3.27. The number of anilines is 1. The number of nitrogens with zero attached hydrogens (tertiary/aromatic N) is 5. The van der Waals surface area contributed by atoms with Gasteiger partial charge in [0.2, 0.25) is 0 Å². The molecule has 1 aliphatic heterocycles. The summed E-state index contributed by atoms with van der Waals surface area (Å²) < 4.78 is 7.19. The first-order chi connectivity index (χ1) is 13.3. The van der Waals surface area contributed by atoms with Crippen molar-refractivity contribution in [2.24, 2.45) is 0 Å². The summed E-state index contributed by atoms with van der Waals surface area (Å²) >= 11 is 0. The Morgan fingerprint density at radius 3 is 2.81 bits per heavy atom. The minimum absolute atomic E-state index is 0.0726. The number of ether oxygens (including phenoxy) is 1. The van der Waals surface area contributed by atoms with Crippen molar-refractivity contribution in [3.05, 3.63) is 42.4 Å². The number of aromatic nitrogens is 3.